The average Bonchev–Trinajstić information content (AvgIpc) is 3.20. The Morgan fingerprint density at radius 2 is 2.00 bits per heavy atom. The monoisotopic (exact) mass is 433 g/mol. The van der Waals surface area contributed by atoms with Gasteiger partial charge in [0.15, 0.2) is 0 Å². The van der Waals surface area contributed by atoms with Crippen LogP contribution < -0.4 is 0 Å². The van der Waals surface area contributed by atoms with E-state index in [0.29, 0.717) is 17.9 Å². The number of hydrogen-bond donors (Lipinski definition) is 0. The Kier molecular flexibility index (Phi) is 4.99. The zero-order valence-electron chi connectivity index (χ0n) is 18.3. The van der Waals surface area contributed by atoms with Crippen molar-refractivity contribution < 1.29 is 4.79 Å². The number of carbonyl (C=O) groups is 1. The van der Waals surface area contributed by atoms with Crippen LogP contribution in [0, 0.1) is 18.8 Å². The molecule has 3 fully saturated rings. The smallest absolute Gasteiger partial charge is 0.266 e. The molecule has 3 saturated heterocycles. The quantitative estimate of drug-likeness (QED) is 0.614. The SMILES string of the molecule is Cc1nc(-c2ccccc2)sc1C(=O)N1CCCC2=C[C@H]3C[C@@H](CN4CCCC[C@H]34)[C@@H]21. The van der Waals surface area contributed by atoms with Crippen LogP contribution in [0.5, 0.6) is 0 Å². The lowest BCUT2D eigenvalue weighted by Gasteiger charge is -2.54. The maximum Gasteiger partial charge on any atom is 0.266 e. The Morgan fingerprint density at radius 1 is 1.13 bits per heavy atom. The standard InChI is InChI=1S/C26H31N3OS/c1-17-24(31-25(27-17)18-8-3-2-4-9-18)26(30)29-13-7-10-19-14-20-15-21(23(19)29)16-28-12-6-5-11-22(20)28/h2-4,8-9,14,20-23H,5-7,10-13,15-16H2,1H3/t20-,21-,22+,23+/m0/s1. The molecule has 4 nitrogen and oxygen atoms in total. The van der Waals surface area contributed by atoms with E-state index < -0.39 is 0 Å². The number of aromatic nitrogens is 1. The number of aryl methyl sites for hydroxylation is 1. The van der Waals surface area contributed by atoms with E-state index in [9.17, 15) is 4.79 Å². The maximum atomic E-state index is 13.8. The van der Waals surface area contributed by atoms with Gasteiger partial charge in [-0.05, 0) is 57.4 Å². The van der Waals surface area contributed by atoms with Crippen LogP contribution >= 0.6 is 11.3 Å². The molecule has 4 aliphatic rings. The lowest BCUT2D eigenvalue weighted by molar-refractivity contribution is 0.00159. The lowest BCUT2D eigenvalue weighted by Crippen LogP contribution is -2.60. The third-order valence-corrected chi connectivity index (χ3v) is 9.12. The number of benzene rings is 1. The Hall–Kier alpha value is -1.98. The highest BCUT2D eigenvalue weighted by atomic mass is 32.1. The number of thiazole rings is 1. The highest BCUT2D eigenvalue weighted by Crippen LogP contribution is 2.45. The molecule has 31 heavy (non-hydrogen) atoms. The molecule has 0 unspecified atom stereocenters. The van der Waals surface area contributed by atoms with Gasteiger partial charge in [-0.15, -0.1) is 11.3 Å². The van der Waals surface area contributed by atoms with Crippen molar-refractivity contribution in [3.8, 4) is 10.6 Å². The fourth-order valence-corrected chi connectivity index (χ4v) is 7.66. The summed E-state index contributed by atoms with van der Waals surface area (Å²) in [4.78, 5) is 24.4. The summed E-state index contributed by atoms with van der Waals surface area (Å²) >= 11 is 1.56. The van der Waals surface area contributed by atoms with Crippen molar-refractivity contribution >= 4 is 17.2 Å². The predicted molar refractivity (Wildman–Crippen MR) is 125 cm³/mol. The second-order valence-electron chi connectivity index (χ2n) is 9.81. The van der Waals surface area contributed by atoms with Crippen molar-refractivity contribution in [2.24, 2.45) is 11.8 Å². The van der Waals surface area contributed by atoms with E-state index in [2.05, 4.69) is 28.0 Å². The van der Waals surface area contributed by atoms with Gasteiger partial charge in [0.2, 0.25) is 0 Å². The largest absolute Gasteiger partial charge is 0.331 e. The van der Waals surface area contributed by atoms with E-state index in [1.165, 1.54) is 45.2 Å². The van der Waals surface area contributed by atoms with Gasteiger partial charge in [0.1, 0.15) is 9.88 Å². The zero-order valence-corrected chi connectivity index (χ0v) is 19.1. The van der Waals surface area contributed by atoms with Crippen molar-refractivity contribution in [3.05, 3.63) is 52.6 Å². The molecule has 4 atom stereocenters. The number of rotatable bonds is 2. The van der Waals surface area contributed by atoms with Crippen LogP contribution in [0.1, 0.15) is 53.9 Å². The first-order valence-electron chi connectivity index (χ1n) is 12.0. The van der Waals surface area contributed by atoms with Gasteiger partial charge in [0, 0.05) is 24.7 Å². The second-order valence-corrected chi connectivity index (χ2v) is 10.8. The molecular weight excluding hydrogens is 402 g/mol. The summed E-state index contributed by atoms with van der Waals surface area (Å²) in [6, 6.07) is 11.3. The topological polar surface area (TPSA) is 36.4 Å². The molecule has 6 rings (SSSR count). The molecule has 0 spiro atoms. The third kappa shape index (κ3) is 3.37. The molecule has 0 radical (unpaired) electrons. The number of carbonyl (C=O) groups excluding carboxylic acids is 1. The van der Waals surface area contributed by atoms with Gasteiger partial charge in [0.25, 0.3) is 5.91 Å². The van der Waals surface area contributed by atoms with E-state index in [1.807, 2.05) is 25.1 Å². The summed E-state index contributed by atoms with van der Waals surface area (Å²) in [6.07, 6.45) is 10.2. The third-order valence-electron chi connectivity index (χ3n) is 7.93. The molecule has 1 aromatic heterocycles. The summed E-state index contributed by atoms with van der Waals surface area (Å²) in [6.45, 7) is 5.29. The molecule has 1 aliphatic carbocycles. The lowest BCUT2D eigenvalue weighted by atomic mass is 9.68. The Balaban J connectivity index is 1.31. The zero-order chi connectivity index (χ0) is 20.9. The van der Waals surface area contributed by atoms with Gasteiger partial charge in [-0.1, -0.05) is 48.4 Å². The van der Waals surface area contributed by atoms with Crippen LogP contribution in [0.25, 0.3) is 10.6 Å². The van der Waals surface area contributed by atoms with Gasteiger partial charge >= 0.3 is 0 Å². The minimum atomic E-state index is 0.201. The minimum absolute atomic E-state index is 0.201. The van der Waals surface area contributed by atoms with Crippen molar-refractivity contribution in [2.45, 2.75) is 57.5 Å². The molecule has 3 aliphatic heterocycles. The summed E-state index contributed by atoms with van der Waals surface area (Å²) in [5, 5.41) is 0.951. The first kappa shape index (κ1) is 19.7. The average molecular weight is 434 g/mol. The molecule has 5 heteroatoms. The maximum absolute atomic E-state index is 13.8. The Bertz CT molecular complexity index is 1010. The number of hydrogen-bond acceptors (Lipinski definition) is 4. The number of likely N-dealkylation sites (tertiary alicyclic amines) is 1. The van der Waals surface area contributed by atoms with Crippen LogP contribution in [0.4, 0.5) is 0 Å². The van der Waals surface area contributed by atoms with Crippen LogP contribution in [0.2, 0.25) is 0 Å². The van der Waals surface area contributed by atoms with Gasteiger partial charge < -0.3 is 4.90 Å². The second kappa shape index (κ2) is 7.86. The van der Waals surface area contributed by atoms with Crippen molar-refractivity contribution in [3.63, 3.8) is 0 Å². The van der Waals surface area contributed by atoms with E-state index in [1.54, 1.807) is 16.9 Å². The molecule has 162 valence electrons. The number of piperidine rings is 3. The van der Waals surface area contributed by atoms with E-state index in [-0.39, 0.29) is 5.91 Å². The van der Waals surface area contributed by atoms with Crippen molar-refractivity contribution in [1.82, 2.24) is 14.8 Å². The van der Waals surface area contributed by atoms with Crippen molar-refractivity contribution in [1.29, 1.82) is 0 Å². The summed E-state index contributed by atoms with van der Waals surface area (Å²) in [5.74, 6) is 1.49. The van der Waals surface area contributed by atoms with Gasteiger partial charge in [-0.3, -0.25) is 9.69 Å². The number of amides is 1. The van der Waals surface area contributed by atoms with Crippen LogP contribution in [0.3, 0.4) is 0 Å². The van der Waals surface area contributed by atoms with Gasteiger partial charge in [-0.25, -0.2) is 4.98 Å². The highest BCUT2D eigenvalue weighted by molar-refractivity contribution is 7.17. The predicted octanol–water partition coefficient (Wildman–Crippen LogP) is 5.15. The summed E-state index contributed by atoms with van der Waals surface area (Å²) in [5.41, 5.74) is 3.52. The van der Waals surface area contributed by atoms with Crippen LogP contribution in [0.15, 0.2) is 42.0 Å². The molecule has 1 amide bonds. The highest BCUT2D eigenvalue weighted by Gasteiger charge is 2.47. The van der Waals surface area contributed by atoms with E-state index in [4.69, 9.17) is 4.98 Å². The first-order chi connectivity index (χ1) is 15.2. The normalized spacial score (nSPS) is 30.4. The van der Waals surface area contributed by atoms with Crippen LogP contribution in [-0.2, 0) is 0 Å². The Morgan fingerprint density at radius 3 is 2.87 bits per heavy atom. The molecular formula is C26H31N3OS. The molecule has 1 aromatic carbocycles. The summed E-state index contributed by atoms with van der Waals surface area (Å²) < 4.78 is 0. The molecule has 0 N–H and O–H groups in total. The van der Waals surface area contributed by atoms with Crippen molar-refractivity contribution in [2.75, 3.05) is 19.6 Å². The molecule has 2 aromatic rings. The fraction of sp³-hybridized carbons (Fsp3) is 0.538. The molecule has 2 bridgehead atoms. The number of fused-ring (bicyclic) bond motifs is 6. The fourth-order valence-electron chi connectivity index (χ4n) is 6.63. The summed E-state index contributed by atoms with van der Waals surface area (Å²) in [7, 11) is 0. The number of nitrogens with zero attached hydrogens (tertiary/aromatic N) is 3. The van der Waals surface area contributed by atoms with E-state index in [0.717, 1.165) is 40.1 Å². The Labute approximate surface area is 189 Å². The molecule has 0 saturated carbocycles. The van der Waals surface area contributed by atoms with Gasteiger partial charge in [-0.2, -0.15) is 0 Å². The van der Waals surface area contributed by atoms with Gasteiger partial charge in [0.05, 0.1) is 11.7 Å². The van der Waals surface area contributed by atoms with E-state index >= 15 is 0 Å². The minimum Gasteiger partial charge on any atom is -0.331 e. The molecule has 4 heterocycles. The first-order valence-corrected chi connectivity index (χ1v) is 12.8. The van der Waals surface area contributed by atoms with Crippen LogP contribution in [-0.4, -0.2) is 52.4 Å².